The van der Waals surface area contributed by atoms with Crippen molar-refractivity contribution in [3.8, 4) is 0 Å². The second-order valence-corrected chi connectivity index (χ2v) is 7.29. The maximum atomic E-state index is 12.3. The zero-order chi connectivity index (χ0) is 16.2. The molecule has 1 amide bonds. The van der Waals surface area contributed by atoms with Gasteiger partial charge in [-0.3, -0.25) is 0 Å². The molecule has 1 aliphatic heterocycles. The Hall–Kier alpha value is -1.55. The van der Waals surface area contributed by atoms with Crippen LogP contribution in [0.5, 0.6) is 0 Å². The lowest BCUT2D eigenvalue weighted by Crippen LogP contribution is -2.48. The van der Waals surface area contributed by atoms with Gasteiger partial charge in [0.15, 0.2) is 0 Å². The molecule has 22 heavy (non-hydrogen) atoms. The molecule has 2 rings (SSSR count). The minimum absolute atomic E-state index is 0.117. The number of amides is 1. The van der Waals surface area contributed by atoms with E-state index in [-0.39, 0.29) is 24.0 Å². The first-order valence-corrected chi connectivity index (χ1v) is 7.96. The molecule has 1 aromatic rings. The van der Waals surface area contributed by atoms with Crippen LogP contribution < -0.4 is 0 Å². The van der Waals surface area contributed by atoms with Crippen LogP contribution in [0.25, 0.3) is 0 Å². The van der Waals surface area contributed by atoms with Gasteiger partial charge < -0.3 is 14.7 Å². The average molecular weight is 305 g/mol. The molecular weight excluding hydrogens is 278 g/mol. The largest absolute Gasteiger partial charge is 0.445 e. The van der Waals surface area contributed by atoms with Gasteiger partial charge in [-0.15, -0.1) is 0 Å². The fourth-order valence-electron chi connectivity index (χ4n) is 2.92. The molecule has 1 aromatic carbocycles. The standard InChI is InChI=1S/C18H27NO3/c1-18(2,3)16-9-15(12-20)10-19(11-16)17(21)22-13-14-7-5-4-6-8-14/h4-8,15-16,20H,9-13H2,1-3H3/t15-,16+/m0/s1. The first-order valence-electron chi connectivity index (χ1n) is 7.96. The third-order valence-corrected chi connectivity index (χ3v) is 4.48. The summed E-state index contributed by atoms with van der Waals surface area (Å²) in [4.78, 5) is 14.1. The number of rotatable bonds is 3. The van der Waals surface area contributed by atoms with Gasteiger partial charge in [-0.2, -0.15) is 0 Å². The summed E-state index contributed by atoms with van der Waals surface area (Å²) in [6, 6.07) is 9.69. The second kappa shape index (κ2) is 7.14. The fourth-order valence-corrected chi connectivity index (χ4v) is 2.92. The monoisotopic (exact) mass is 305 g/mol. The highest BCUT2D eigenvalue weighted by atomic mass is 16.6. The number of ether oxygens (including phenoxy) is 1. The molecule has 4 heteroatoms. The smallest absolute Gasteiger partial charge is 0.410 e. The zero-order valence-corrected chi connectivity index (χ0v) is 13.8. The van der Waals surface area contributed by atoms with E-state index in [0.29, 0.717) is 25.6 Å². The topological polar surface area (TPSA) is 49.8 Å². The summed E-state index contributed by atoms with van der Waals surface area (Å²) >= 11 is 0. The molecular formula is C18H27NO3. The molecule has 0 saturated carbocycles. The number of piperidine rings is 1. The normalized spacial score (nSPS) is 22.5. The molecule has 1 N–H and O–H groups in total. The first-order chi connectivity index (χ1) is 10.4. The summed E-state index contributed by atoms with van der Waals surface area (Å²) < 4.78 is 5.43. The van der Waals surface area contributed by atoms with Gasteiger partial charge in [-0.25, -0.2) is 4.79 Å². The van der Waals surface area contributed by atoms with Crippen molar-refractivity contribution < 1.29 is 14.6 Å². The first kappa shape index (κ1) is 16.8. The van der Waals surface area contributed by atoms with Crippen LogP contribution in [-0.2, 0) is 11.3 Å². The lowest BCUT2D eigenvalue weighted by Gasteiger charge is -2.42. The third kappa shape index (κ3) is 4.47. The zero-order valence-electron chi connectivity index (χ0n) is 13.8. The lowest BCUT2D eigenvalue weighted by atomic mass is 9.73. The van der Waals surface area contributed by atoms with Crippen LogP contribution in [0.15, 0.2) is 30.3 Å². The molecule has 2 atom stereocenters. The van der Waals surface area contributed by atoms with Gasteiger partial charge in [0.25, 0.3) is 0 Å². The Labute approximate surface area is 133 Å². The van der Waals surface area contributed by atoms with Crippen LogP contribution in [-0.4, -0.2) is 35.8 Å². The average Bonchev–Trinajstić information content (AvgIpc) is 2.52. The lowest BCUT2D eigenvalue weighted by molar-refractivity contribution is 0.0253. The summed E-state index contributed by atoms with van der Waals surface area (Å²) in [5.41, 5.74) is 1.10. The molecule has 0 aliphatic carbocycles. The number of carbonyl (C=O) groups is 1. The SMILES string of the molecule is CC(C)(C)[C@@H]1C[C@H](CO)CN(C(=O)OCc2ccccc2)C1. The highest BCUT2D eigenvalue weighted by Gasteiger charge is 2.36. The summed E-state index contributed by atoms with van der Waals surface area (Å²) in [5, 5.41) is 9.50. The Morgan fingerprint density at radius 1 is 1.27 bits per heavy atom. The van der Waals surface area contributed by atoms with E-state index in [9.17, 15) is 9.90 Å². The van der Waals surface area contributed by atoms with Crippen LogP contribution >= 0.6 is 0 Å². The van der Waals surface area contributed by atoms with Crippen LogP contribution in [0, 0.1) is 17.3 Å². The number of hydrogen-bond acceptors (Lipinski definition) is 3. The fraction of sp³-hybridized carbons (Fsp3) is 0.611. The van der Waals surface area contributed by atoms with Gasteiger partial charge in [0, 0.05) is 25.6 Å². The number of benzene rings is 1. The van der Waals surface area contributed by atoms with Crippen LogP contribution in [0.2, 0.25) is 0 Å². The van der Waals surface area contributed by atoms with Crippen molar-refractivity contribution in [2.75, 3.05) is 19.7 Å². The molecule has 1 heterocycles. The quantitative estimate of drug-likeness (QED) is 0.932. The number of aliphatic hydroxyl groups is 1. The van der Waals surface area contributed by atoms with Gasteiger partial charge in [-0.1, -0.05) is 51.1 Å². The van der Waals surface area contributed by atoms with Crippen molar-refractivity contribution in [1.29, 1.82) is 0 Å². The van der Waals surface area contributed by atoms with Crippen molar-refractivity contribution in [1.82, 2.24) is 4.90 Å². The molecule has 0 unspecified atom stereocenters. The number of nitrogens with zero attached hydrogens (tertiary/aromatic N) is 1. The molecule has 0 spiro atoms. The van der Waals surface area contributed by atoms with E-state index < -0.39 is 0 Å². The Bertz CT molecular complexity index is 481. The summed E-state index contributed by atoms with van der Waals surface area (Å²) in [7, 11) is 0. The van der Waals surface area contributed by atoms with Gasteiger partial charge in [-0.05, 0) is 23.3 Å². The minimum atomic E-state index is -0.281. The molecule has 0 bridgehead atoms. The minimum Gasteiger partial charge on any atom is -0.445 e. The molecule has 1 saturated heterocycles. The van der Waals surface area contributed by atoms with E-state index >= 15 is 0 Å². The Kier molecular flexibility index (Phi) is 5.46. The predicted octanol–water partition coefficient (Wildman–Crippen LogP) is 3.30. The van der Waals surface area contributed by atoms with Gasteiger partial charge in [0.2, 0.25) is 0 Å². The van der Waals surface area contributed by atoms with Gasteiger partial charge >= 0.3 is 6.09 Å². The van der Waals surface area contributed by atoms with Gasteiger partial charge in [0.1, 0.15) is 6.61 Å². The van der Waals surface area contributed by atoms with Crippen LogP contribution in [0.4, 0.5) is 4.79 Å². The van der Waals surface area contributed by atoms with Crippen molar-refractivity contribution >= 4 is 6.09 Å². The summed E-state index contributed by atoms with van der Waals surface area (Å²) in [6.45, 7) is 8.25. The molecule has 4 nitrogen and oxygen atoms in total. The number of likely N-dealkylation sites (tertiary alicyclic amines) is 1. The van der Waals surface area contributed by atoms with E-state index in [0.717, 1.165) is 12.0 Å². The Morgan fingerprint density at radius 3 is 2.55 bits per heavy atom. The highest BCUT2D eigenvalue weighted by molar-refractivity contribution is 5.67. The highest BCUT2D eigenvalue weighted by Crippen LogP contribution is 2.35. The van der Waals surface area contributed by atoms with Gasteiger partial charge in [0.05, 0.1) is 0 Å². The van der Waals surface area contributed by atoms with E-state index in [4.69, 9.17) is 4.74 Å². The number of hydrogen-bond donors (Lipinski definition) is 1. The second-order valence-electron chi connectivity index (χ2n) is 7.29. The number of carbonyl (C=O) groups excluding carboxylic acids is 1. The van der Waals surface area contributed by atoms with Crippen molar-refractivity contribution in [2.24, 2.45) is 17.3 Å². The molecule has 0 radical (unpaired) electrons. The molecule has 1 aliphatic rings. The molecule has 122 valence electrons. The maximum absolute atomic E-state index is 12.3. The molecule has 0 aromatic heterocycles. The van der Waals surface area contributed by atoms with E-state index in [2.05, 4.69) is 20.8 Å². The van der Waals surface area contributed by atoms with Crippen molar-refractivity contribution in [3.63, 3.8) is 0 Å². The van der Waals surface area contributed by atoms with E-state index in [1.165, 1.54) is 0 Å². The number of aliphatic hydroxyl groups excluding tert-OH is 1. The predicted molar refractivity (Wildman–Crippen MR) is 86.3 cm³/mol. The van der Waals surface area contributed by atoms with E-state index in [1.807, 2.05) is 30.3 Å². The Balaban J connectivity index is 1.95. The van der Waals surface area contributed by atoms with Crippen LogP contribution in [0.3, 0.4) is 0 Å². The summed E-state index contributed by atoms with van der Waals surface area (Å²) in [6.07, 6.45) is 0.680. The van der Waals surface area contributed by atoms with Crippen LogP contribution in [0.1, 0.15) is 32.8 Å². The van der Waals surface area contributed by atoms with Crippen molar-refractivity contribution in [2.45, 2.75) is 33.8 Å². The summed E-state index contributed by atoms with van der Waals surface area (Å²) in [5.74, 6) is 0.518. The Morgan fingerprint density at radius 2 is 1.95 bits per heavy atom. The van der Waals surface area contributed by atoms with E-state index in [1.54, 1.807) is 4.90 Å². The molecule has 1 fully saturated rings. The van der Waals surface area contributed by atoms with Crippen molar-refractivity contribution in [3.05, 3.63) is 35.9 Å². The third-order valence-electron chi connectivity index (χ3n) is 4.48. The maximum Gasteiger partial charge on any atom is 0.410 e.